The molecule has 1 saturated heterocycles. The van der Waals surface area contributed by atoms with Gasteiger partial charge in [-0.25, -0.2) is 4.39 Å². The molecule has 1 saturated carbocycles. The Balaban J connectivity index is 1.76. The van der Waals surface area contributed by atoms with Crippen LogP contribution in [-0.2, 0) is 0 Å². The summed E-state index contributed by atoms with van der Waals surface area (Å²) in [7, 11) is 0. The van der Waals surface area contributed by atoms with E-state index < -0.39 is 5.60 Å². The highest BCUT2D eigenvalue weighted by Crippen LogP contribution is 2.50. The number of carbonyl (C=O) groups excluding carboxylic acids is 1. The molecule has 0 bridgehead atoms. The summed E-state index contributed by atoms with van der Waals surface area (Å²) in [5.41, 5.74) is 0.458. The molecule has 1 heterocycles. The maximum atomic E-state index is 14.0. The van der Waals surface area contributed by atoms with E-state index in [0.29, 0.717) is 55.6 Å². The number of halogens is 1. The van der Waals surface area contributed by atoms with Gasteiger partial charge in [-0.2, -0.15) is 0 Å². The number of rotatable bonds is 8. The lowest BCUT2D eigenvalue weighted by Crippen LogP contribution is -2.56. The molecule has 1 amide bonds. The minimum Gasteiger partial charge on any atom is -0.490 e. The summed E-state index contributed by atoms with van der Waals surface area (Å²) in [6.07, 6.45) is 4.04. The molecule has 35 heavy (non-hydrogen) atoms. The van der Waals surface area contributed by atoms with Gasteiger partial charge in [-0.1, -0.05) is 25.0 Å². The first kappa shape index (κ1) is 25.3. The largest absolute Gasteiger partial charge is 0.490 e. The fraction of sp³-hybridized carbons (Fsp3) is 0.536. The Labute approximate surface area is 207 Å². The molecule has 3 atom stereocenters. The van der Waals surface area contributed by atoms with Crippen molar-refractivity contribution in [3.05, 3.63) is 53.3 Å². The summed E-state index contributed by atoms with van der Waals surface area (Å²) in [4.78, 5) is 15.9. The second kappa shape index (κ2) is 10.9. The van der Waals surface area contributed by atoms with E-state index in [-0.39, 0.29) is 23.7 Å². The molecular formula is C28H36FNO5. The van der Waals surface area contributed by atoms with Gasteiger partial charge in [0, 0.05) is 18.0 Å². The van der Waals surface area contributed by atoms with Crippen molar-refractivity contribution in [2.75, 3.05) is 26.4 Å². The van der Waals surface area contributed by atoms with Crippen LogP contribution in [-0.4, -0.2) is 47.9 Å². The Kier molecular flexibility index (Phi) is 7.85. The van der Waals surface area contributed by atoms with Crippen LogP contribution in [0.5, 0.6) is 17.2 Å². The van der Waals surface area contributed by atoms with Crippen LogP contribution in [0, 0.1) is 11.7 Å². The van der Waals surface area contributed by atoms with E-state index in [0.717, 1.165) is 31.2 Å². The van der Waals surface area contributed by atoms with Gasteiger partial charge >= 0.3 is 0 Å². The zero-order valence-corrected chi connectivity index (χ0v) is 20.9. The molecule has 2 aromatic rings. The summed E-state index contributed by atoms with van der Waals surface area (Å²) >= 11 is 0. The monoisotopic (exact) mass is 485 g/mol. The van der Waals surface area contributed by atoms with Gasteiger partial charge < -0.3 is 24.2 Å². The smallest absolute Gasteiger partial charge is 0.254 e. The number of benzene rings is 2. The van der Waals surface area contributed by atoms with Crippen LogP contribution in [0.3, 0.4) is 0 Å². The van der Waals surface area contributed by atoms with E-state index in [9.17, 15) is 14.3 Å². The standard InChI is InChI=1S/C28H36FNO5/c1-4-33-23-17-20(18-24(34-5-2)26(23)35-6-3)27(31)30-16-15-28(32)14-8-7-9-22(28)25(30)19-10-12-21(29)13-11-19/h10-13,17-18,22,25,32H,4-9,14-16H2,1-3H3/t22-,25-,28-/m0/s1. The number of piperidine rings is 1. The number of likely N-dealkylation sites (tertiary alicyclic amines) is 1. The predicted molar refractivity (Wildman–Crippen MR) is 132 cm³/mol. The fourth-order valence-electron chi connectivity index (χ4n) is 5.66. The maximum absolute atomic E-state index is 14.0. The first-order chi connectivity index (χ1) is 16.9. The average molecular weight is 486 g/mol. The van der Waals surface area contributed by atoms with Gasteiger partial charge in [0.25, 0.3) is 5.91 Å². The quantitative estimate of drug-likeness (QED) is 0.533. The molecule has 1 aliphatic carbocycles. The van der Waals surface area contributed by atoms with Crippen LogP contribution in [0.1, 0.15) is 74.8 Å². The first-order valence-electron chi connectivity index (χ1n) is 12.8. The molecule has 0 spiro atoms. The summed E-state index contributed by atoms with van der Waals surface area (Å²) in [6.45, 7) is 7.33. The highest BCUT2D eigenvalue weighted by atomic mass is 19.1. The van der Waals surface area contributed by atoms with Crippen molar-refractivity contribution in [2.24, 2.45) is 5.92 Å². The lowest BCUT2D eigenvalue weighted by molar-refractivity contribution is -0.115. The zero-order valence-electron chi connectivity index (χ0n) is 20.9. The Morgan fingerprint density at radius 3 is 2.23 bits per heavy atom. The van der Waals surface area contributed by atoms with Crippen LogP contribution in [0.4, 0.5) is 4.39 Å². The second-order valence-corrected chi connectivity index (χ2v) is 9.30. The van der Waals surface area contributed by atoms with E-state index in [4.69, 9.17) is 14.2 Å². The minimum absolute atomic E-state index is 0.111. The van der Waals surface area contributed by atoms with Crippen molar-refractivity contribution in [3.63, 3.8) is 0 Å². The van der Waals surface area contributed by atoms with Crippen molar-refractivity contribution in [2.45, 2.75) is 64.5 Å². The summed E-state index contributed by atoms with van der Waals surface area (Å²) < 4.78 is 31.2. The van der Waals surface area contributed by atoms with Gasteiger partial charge in [-0.3, -0.25) is 4.79 Å². The lowest BCUT2D eigenvalue weighted by atomic mass is 9.66. The predicted octanol–water partition coefficient (Wildman–Crippen LogP) is 5.53. The van der Waals surface area contributed by atoms with Crippen LogP contribution >= 0.6 is 0 Å². The lowest BCUT2D eigenvalue weighted by Gasteiger charge is -2.52. The van der Waals surface area contributed by atoms with E-state index in [1.54, 1.807) is 24.3 Å². The van der Waals surface area contributed by atoms with Gasteiger partial charge in [-0.15, -0.1) is 0 Å². The molecule has 0 aromatic heterocycles. The summed E-state index contributed by atoms with van der Waals surface area (Å²) in [5, 5.41) is 11.5. The number of amides is 1. The zero-order chi connectivity index (χ0) is 25.0. The van der Waals surface area contributed by atoms with Crippen LogP contribution in [0.2, 0.25) is 0 Å². The van der Waals surface area contributed by atoms with Crippen molar-refractivity contribution in [1.29, 1.82) is 0 Å². The highest BCUT2D eigenvalue weighted by Gasteiger charge is 2.50. The maximum Gasteiger partial charge on any atom is 0.254 e. The van der Waals surface area contributed by atoms with Crippen molar-refractivity contribution < 1.29 is 28.5 Å². The Morgan fingerprint density at radius 1 is 1.00 bits per heavy atom. The molecule has 0 unspecified atom stereocenters. The van der Waals surface area contributed by atoms with Crippen molar-refractivity contribution in [1.82, 2.24) is 4.90 Å². The van der Waals surface area contributed by atoms with E-state index >= 15 is 0 Å². The molecule has 190 valence electrons. The topological polar surface area (TPSA) is 68.2 Å². The Morgan fingerprint density at radius 2 is 1.63 bits per heavy atom. The number of ether oxygens (including phenoxy) is 3. The summed E-state index contributed by atoms with van der Waals surface area (Å²) in [5.74, 6) is 0.816. The average Bonchev–Trinajstić information content (AvgIpc) is 2.85. The normalized spacial score (nSPS) is 24.0. The Bertz CT molecular complexity index is 1000. The number of fused-ring (bicyclic) bond motifs is 1. The van der Waals surface area contributed by atoms with Gasteiger partial charge in [0.2, 0.25) is 5.75 Å². The number of hydrogen-bond donors (Lipinski definition) is 1. The third kappa shape index (κ3) is 5.10. The molecule has 1 N–H and O–H groups in total. The Hall–Kier alpha value is -2.80. The van der Waals surface area contributed by atoms with Crippen LogP contribution in [0.25, 0.3) is 0 Å². The van der Waals surface area contributed by atoms with Crippen LogP contribution in [0.15, 0.2) is 36.4 Å². The van der Waals surface area contributed by atoms with Gasteiger partial charge in [0.05, 0.1) is 31.5 Å². The third-order valence-corrected chi connectivity index (χ3v) is 7.20. The molecule has 4 rings (SSSR count). The van der Waals surface area contributed by atoms with E-state index in [2.05, 4.69) is 0 Å². The number of carbonyl (C=O) groups is 1. The van der Waals surface area contributed by atoms with Crippen molar-refractivity contribution >= 4 is 5.91 Å². The molecule has 0 radical (unpaired) electrons. The number of aliphatic hydroxyl groups is 1. The minimum atomic E-state index is -0.820. The van der Waals surface area contributed by atoms with Crippen molar-refractivity contribution in [3.8, 4) is 17.2 Å². The van der Waals surface area contributed by atoms with Gasteiger partial charge in [-0.05, 0) is 69.9 Å². The SMILES string of the molecule is CCOc1cc(C(=O)N2CC[C@@]3(O)CCCC[C@H]3[C@@H]2c2ccc(F)cc2)cc(OCC)c1OCC. The highest BCUT2D eigenvalue weighted by molar-refractivity contribution is 5.96. The number of nitrogens with zero attached hydrogens (tertiary/aromatic N) is 1. The molecule has 2 fully saturated rings. The molecule has 2 aliphatic rings. The van der Waals surface area contributed by atoms with Crippen LogP contribution < -0.4 is 14.2 Å². The molecule has 1 aliphatic heterocycles. The van der Waals surface area contributed by atoms with E-state index in [1.165, 1.54) is 12.1 Å². The summed E-state index contributed by atoms with van der Waals surface area (Å²) in [6, 6.07) is 9.38. The first-order valence-corrected chi connectivity index (χ1v) is 12.8. The molecular weight excluding hydrogens is 449 g/mol. The molecule has 7 heteroatoms. The fourth-order valence-corrected chi connectivity index (χ4v) is 5.66. The second-order valence-electron chi connectivity index (χ2n) is 9.30. The van der Waals surface area contributed by atoms with Gasteiger partial charge in [0.15, 0.2) is 11.5 Å². The third-order valence-electron chi connectivity index (χ3n) is 7.20. The number of hydrogen-bond acceptors (Lipinski definition) is 5. The molecule has 2 aromatic carbocycles. The van der Waals surface area contributed by atoms with Gasteiger partial charge in [0.1, 0.15) is 5.82 Å². The molecule has 6 nitrogen and oxygen atoms in total. The van der Waals surface area contributed by atoms with E-state index in [1.807, 2.05) is 25.7 Å².